The van der Waals surface area contributed by atoms with E-state index in [2.05, 4.69) is 13.0 Å². The van der Waals surface area contributed by atoms with Crippen LogP contribution in [0.15, 0.2) is 11.6 Å². The van der Waals surface area contributed by atoms with Gasteiger partial charge in [0.15, 0.2) is 12.2 Å². The molecule has 32 heavy (non-hydrogen) atoms. The first-order valence-electron chi connectivity index (χ1n) is 11.9. The van der Waals surface area contributed by atoms with Gasteiger partial charge in [0.2, 0.25) is 5.78 Å². The van der Waals surface area contributed by atoms with E-state index >= 15 is 0 Å². The minimum absolute atomic E-state index is 0.00310. The molecule has 7 heteroatoms. The Bertz CT molecular complexity index is 849. The zero-order chi connectivity index (χ0) is 23.5. The topological polar surface area (TPSA) is 110 Å². The summed E-state index contributed by atoms with van der Waals surface area (Å²) in [7, 11) is 0. The summed E-state index contributed by atoms with van der Waals surface area (Å²) < 4.78 is 10.4. The number of aliphatic hydroxyl groups excluding tert-OH is 1. The Morgan fingerprint density at radius 1 is 1.09 bits per heavy atom. The third-order valence-electron chi connectivity index (χ3n) is 9.44. The van der Waals surface area contributed by atoms with E-state index in [0.29, 0.717) is 18.8 Å². The van der Waals surface area contributed by atoms with E-state index in [1.54, 1.807) is 0 Å². The van der Waals surface area contributed by atoms with Gasteiger partial charge in [-0.3, -0.25) is 14.4 Å². The zero-order valence-electron chi connectivity index (χ0n) is 19.6. The van der Waals surface area contributed by atoms with Crippen molar-refractivity contribution in [1.82, 2.24) is 0 Å². The van der Waals surface area contributed by atoms with Crippen LogP contribution in [0, 0.1) is 28.6 Å². The molecule has 0 amide bonds. The Labute approximate surface area is 189 Å². The number of rotatable bonds is 4. The maximum Gasteiger partial charge on any atom is 0.303 e. The highest BCUT2D eigenvalue weighted by Crippen LogP contribution is 2.67. The Kier molecular flexibility index (Phi) is 5.82. The molecule has 0 bridgehead atoms. The van der Waals surface area contributed by atoms with Crippen LogP contribution in [0.5, 0.6) is 0 Å². The van der Waals surface area contributed by atoms with Crippen LogP contribution in [-0.4, -0.2) is 52.4 Å². The van der Waals surface area contributed by atoms with Gasteiger partial charge in [-0.25, -0.2) is 0 Å². The summed E-state index contributed by atoms with van der Waals surface area (Å²) in [6, 6.07) is 0. The van der Waals surface area contributed by atoms with Crippen molar-refractivity contribution in [3.05, 3.63) is 11.6 Å². The average molecular weight is 449 g/mol. The maximum absolute atomic E-state index is 13.0. The SMILES string of the molecule is CC(=O)OCC(=O)[C@@]1(O)[C@H](O)C[C@@H]2[C@@H]3CC=C4C[C@H](OC(C)=O)CC[C@]4(C)[C@H]3CC[C@@]21C. The van der Waals surface area contributed by atoms with Gasteiger partial charge in [0.05, 0.1) is 6.10 Å². The molecule has 0 saturated heterocycles. The second-order valence-corrected chi connectivity index (χ2v) is 10.9. The van der Waals surface area contributed by atoms with Gasteiger partial charge in [0.1, 0.15) is 6.10 Å². The molecule has 7 nitrogen and oxygen atoms in total. The predicted octanol–water partition coefficient (Wildman–Crippen LogP) is 2.71. The summed E-state index contributed by atoms with van der Waals surface area (Å²) in [5, 5.41) is 22.5. The van der Waals surface area contributed by atoms with E-state index in [4.69, 9.17) is 9.47 Å². The molecule has 8 atom stereocenters. The average Bonchev–Trinajstić information content (AvgIpc) is 2.93. The lowest BCUT2D eigenvalue weighted by Crippen LogP contribution is -2.61. The quantitative estimate of drug-likeness (QED) is 0.503. The molecule has 4 aliphatic carbocycles. The van der Waals surface area contributed by atoms with Crippen molar-refractivity contribution in [2.24, 2.45) is 28.6 Å². The molecule has 3 saturated carbocycles. The van der Waals surface area contributed by atoms with Crippen molar-refractivity contribution >= 4 is 17.7 Å². The first-order valence-corrected chi connectivity index (χ1v) is 11.9. The molecule has 3 fully saturated rings. The van der Waals surface area contributed by atoms with Crippen LogP contribution in [0.4, 0.5) is 0 Å². The van der Waals surface area contributed by atoms with Crippen LogP contribution >= 0.6 is 0 Å². The summed E-state index contributed by atoms with van der Waals surface area (Å²) in [5.41, 5.74) is -1.30. The van der Waals surface area contributed by atoms with Gasteiger partial charge in [-0.15, -0.1) is 0 Å². The Hall–Kier alpha value is -1.73. The summed E-state index contributed by atoms with van der Waals surface area (Å²) in [6.45, 7) is 6.40. The van der Waals surface area contributed by atoms with E-state index in [1.165, 1.54) is 19.4 Å². The van der Waals surface area contributed by atoms with Gasteiger partial charge in [-0.1, -0.05) is 25.5 Å². The molecular formula is C25H36O7. The molecule has 0 aromatic rings. The first-order chi connectivity index (χ1) is 14.9. The van der Waals surface area contributed by atoms with Crippen molar-refractivity contribution in [1.29, 1.82) is 0 Å². The lowest BCUT2D eigenvalue weighted by molar-refractivity contribution is -0.181. The fourth-order valence-electron chi connectivity index (χ4n) is 7.76. The van der Waals surface area contributed by atoms with Crippen molar-refractivity contribution in [2.45, 2.75) is 90.4 Å². The number of allylic oxidation sites excluding steroid dienone is 1. The van der Waals surface area contributed by atoms with Crippen molar-refractivity contribution in [2.75, 3.05) is 6.61 Å². The van der Waals surface area contributed by atoms with Crippen molar-refractivity contribution in [3.63, 3.8) is 0 Å². The highest BCUT2D eigenvalue weighted by molar-refractivity contribution is 5.91. The third-order valence-corrected chi connectivity index (χ3v) is 9.44. The fourth-order valence-corrected chi connectivity index (χ4v) is 7.76. The summed E-state index contributed by atoms with van der Waals surface area (Å²) >= 11 is 0. The molecule has 4 rings (SSSR count). The minimum atomic E-state index is -1.91. The van der Waals surface area contributed by atoms with Crippen molar-refractivity contribution < 1.29 is 34.1 Å². The van der Waals surface area contributed by atoms with Crippen LogP contribution in [0.25, 0.3) is 0 Å². The van der Waals surface area contributed by atoms with Gasteiger partial charge >= 0.3 is 11.9 Å². The van der Waals surface area contributed by atoms with Gasteiger partial charge < -0.3 is 19.7 Å². The number of carbonyl (C=O) groups is 3. The van der Waals surface area contributed by atoms with Gasteiger partial charge in [-0.05, 0) is 61.7 Å². The number of Topliss-reactive ketones (excluding diaryl/α,β-unsaturated/α-hetero) is 1. The minimum Gasteiger partial charge on any atom is -0.462 e. The summed E-state index contributed by atoms with van der Waals surface area (Å²) in [5.74, 6) is -0.761. The lowest BCUT2D eigenvalue weighted by atomic mass is 9.46. The Balaban J connectivity index is 1.59. The lowest BCUT2D eigenvalue weighted by Gasteiger charge is -2.58. The zero-order valence-corrected chi connectivity index (χ0v) is 19.6. The van der Waals surface area contributed by atoms with Crippen LogP contribution in [0.2, 0.25) is 0 Å². The van der Waals surface area contributed by atoms with E-state index in [-0.39, 0.29) is 29.3 Å². The standard InChI is InChI=1S/C25H36O7/c1-14(26)31-13-22(29)25(30)21(28)12-20-18-6-5-16-11-17(32-15(2)27)7-9-23(16,3)19(18)8-10-24(20,25)4/h5,17-21,28,30H,6-13H2,1-4H3/t17-,18-,19+,20-,21-,23+,24+,25+/m1/s1. The van der Waals surface area contributed by atoms with E-state index in [1.807, 2.05) is 6.92 Å². The van der Waals surface area contributed by atoms with Crippen LogP contribution in [0.3, 0.4) is 0 Å². The van der Waals surface area contributed by atoms with E-state index in [9.17, 15) is 24.6 Å². The second kappa shape index (κ2) is 7.94. The Morgan fingerprint density at radius 3 is 2.47 bits per heavy atom. The Morgan fingerprint density at radius 2 is 1.81 bits per heavy atom. The first kappa shape index (κ1) is 23.4. The predicted molar refractivity (Wildman–Crippen MR) is 115 cm³/mol. The molecule has 0 spiro atoms. The molecule has 0 heterocycles. The fraction of sp³-hybridized carbons (Fsp3) is 0.800. The van der Waals surface area contributed by atoms with Crippen LogP contribution in [-0.2, 0) is 23.9 Å². The number of aliphatic hydroxyl groups is 2. The number of hydrogen-bond acceptors (Lipinski definition) is 7. The van der Waals surface area contributed by atoms with Crippen LogP contribution < -0.4 is 0 Å². The molecule has 0 aromatic heterocycles. The monoisotopic (exact) mass is 448 g/mol. The molecule has 0 aliphatic heterocycles. The highest BCUT2D eigenvalue weighted by atomic mass is 16.5. The summed E-state index contributed by atoms with van der Waals surface area (Å²) in [6.07, 6.45) is 6.31. The van der Waals surface area contributed by atoms with Crippen LogP contribution in [0.1, 0.15) is 72.6 Å². The number of ether oxygens (including phenoxy) is 2. The van der Waals surface area contributed by atoms with Gasteiger partial charge in [0, 0.05) is 25.7 Å². The van der Waals surface area contributed by atoms with E-state index in [0.717, 1.165) is 32.1 Å². The number of ketones is 1. The van der Waals surface area contributed by atoms with Gasteiger partial charge in [-0.2, -0.15) is 0 Å². The molecule has 0 aromatic carbocycles. The number of fused-ring (bicyclic) bond motifs is 5. The number of esters is 2. The molecule has 4 aliphatic rings. The maximum atomic E-state index is 13.0. The number of hydrogen-bond donors (Lipinski definition) is 2. The molecule has 0 unspecified atom stereocenters. The molecular weight excluding hydrogens is 412 g/mol. The highest BCUT2D eigenvalue weighted by Gasteiger charge is 2.69. The molecule has 178 valence electrons. The molecule has 0 radical (unpaired) electrons. The van der Waals surface area contributed by atoms with Crippen molar-refractivity contribution in [3.8, 4) is 0 Å². The third kappa shape index (κ3) is 3.35. The number of carbonyl (C=O) groups excluding carboxylic acids is 3. The largest absolute Gasteiger partial charge is 0.462 e. The smallest absolute Gasteiger partial charge is 0.303 e. The van der Waals surface area contributed by atoms with E-state index < -0.39 is 35.5 Å². The normalized spacial score (nSPS) is 45.1. The molecule has 2 N–H and O–H groups in total. The van der Waals surface area contributed by atoms with Gasteiger partial charge in [0.25, 0.3) is 0 Å². The summed E-state index contributed by atoms with van der Waals surface area (Å²) in [4.78, 5) is 35.6. The second-order valence-electron chi connectivity index (χ2n) is 10.9.